The lowest BCUT2D eigenvalue weighted by Crippen LogP contribution is -1.97. The van der Waals surface area contributed by atoms with Gasteiger partial charge in [-0.3, -0.25) is 0 Å². The van der Waals surface area contributed by atoms with Crippen molar-refractivity contribution < 1.29 is 4.74 Å². The first kappa shape index (κ1) is 10.1. The molecule has 70 valence electrons. The molecule has 0 aliphatic heterocycles. The standard InChI is InChI=1S/C11H13ClO/c1-9-4-3-5-11(6-9)13-8-10(2)7-12/h3-7H,8H2,1-2H3/b10-7-. The molecule has 0 unspecified atom stereocenters. The minimum Gasteiger partial charge on any atom is -0.489 e. The third-order valence-electron chi connectivity index (χ3n) is 1.64. The zero-order chi connectivity index (χ0) is 9.68. The van der Waals surface area contributed by atoms with E-state index in [-0.39, 0.29) is 0 Å². The van der Waals surface area contributed by atoms with E-state index in [0.29, 0.717) is 6.61 Å². The largest absolute Gasteiger partial charge is 0.489 e. The average molecular weight is 197 g/mol. The first-order valence-corrected chi connectivity index (χ1v) is 4.61. The third-order valence-corrected chi connectivity index (χ3v) is 2.01. The van der Waals surface area contributed by atoms with Gasteiger partial charge in [0.15, 0.2) is 0 Å². The van der Waals surface area contributed by atoms with E-state index in [4.69, 9.17) is 16.3 Å². The second kappa shape index (κ2) is 4.93. The molecule has 0 fully saturated rings. The van der Waals surface area contributed by atoms with E-state index in [1.807, 2.05) is 38.1 Å². The van der Waals surface area contributed by atoms with Gasteiger partial charge in [-0.1, -0.05) is 23.7 Å². The Hall–Kier alpha value is -0.950. The van der Waals surface area contributed by atoms with E-state index in [1.54, 1.807) is 0 Å². The summed E-state index contributed by atoms with van der Waals surface area (Å²) in [5.74, 6) is 0.887. The molecule has 0 spiro atoms. The monoisotopic (exact) mass is 196 g/mol. The molecule has 0 aliphatic rings. The van der Waals surface area contributed by atoms with Crippen molar-refractivity contribution >= 4 is 11.6 Å². The Balaban J connectivity index is 2.55. The molecule has 0 aromatic heterocycles. The van der Waals surface area contributed by atoms with Gasteiger partial charge in [0.05, 0.1) is 0 Å². The van der Waals surface area contributed by atoms with Crippen molar-refractivity contribution in [1.29, 1.82) is 0 Å². The highest BCUT2D eigenvalue weighted by atomic mass is 35.5. The quantitative estimate of drug-likeness (QED) is 0.719. The summed E-state index contributed by atoms with van der Waals surface area (Å²) in [5, 5.41) is 0. The topological polar surface area (TPSA) is 9.23 Å². The Kier molecular flexibility index (Phi) is 3.84. The van der Waals surface area contributed by atoms with Gasteiger partial charge in [0.25, 0.3) is 0 Å². The summed E-state index contributed by atoms with van der Waals surface area (Å²) >= 11 is 5.51. The number of aryl methyl sites for hydroxylation is 1. The van der Waals surface area contributed by atoms with Crippen LogP contribution in [0.25, 0.3) is 0 Å². The molecular weight excluding hydrogens is 184 g/mol. The van der Waals surface area contributed by atoms with Crippen molar-refractivity contribution in [3.63, 3.8) is 0 Å². The number of hydrogen-bond acceptors (Lipinski definition) is 1. The summed E-state index contributed by atoms with van der Waals surface area (Å²) in [6, 6.07) is 7.96. The molecule has 0 heterocycles. The van der Waals surface area contributed by atoms with Crippen molar-refractivity contribution in [2.45, 2.75) is 13.8 Å². The van der Waals surface area contributed by atoms with Gasteiger partial charge in [0.1, 0.15) is 12.4 Å². The molecule has 0 amide bonds. The summed E-state index contributed by atoms with van der Waals surface area (Å²) < 4.78 is 5.49. The number of rotatable bonds is 3. The van der Waals surface area contributed by atoms with Crippen molar-refractivity contribution in [3.05, 3.63) is 40.9 Å². The van der Waals surface area contributed by atoms with Crippen LogP contribution in [0.2, 0.25) is 0 Å². The molecule has 1 rings (SSSR count). The van der Waals surface area contributed by atoms with Gasteiger partial charge in [-0.05, 0) is 37.1 Å². The maximum atomic E-state index is 5.51. The highest BCUT2D eigenvalue weighted by molar-refractivity contribution is 6.25. The van der Waals surface area contributed by atoms with Crippen LogP contribution in [-0.2, 0) is 0 Å². The summed E-state index contributed by atoms with van der Waals surface area (Å²) in [5.41, 5.74) is 3.75. The van der Waals surface area contributed by atoms with Gasteiger partial charge >= 0.3 is 0 Å². The summed E-state index contributed by atoms with van der Waals surface area (Å²) in [4.78, 5) is 0. The van der Waals surface area contributed by atoms with Crippen LogP contribution in [0.15, 0.2) is 35.4 Å². The van der Waals surface area contributed by atoms with Crippen molar-refractivity contribution in [2.75, 3.05) is 6.61 Å². The lowest BCUT2D eigenvalue weighted by atomic mass is 10.2. The van der Waals surface area contributed by atoms with Crippen LogP contribution < -0.4 is 4.74 Å². The maximum absolute atomic E-state index is 5.51. The Morgan fingerprint density at radius 2 is 2.31 bits per heavy atom. The minimum absolute atomic E-state index is 0.549. The summed E-state index contributed by atoms with van der Waals surface area (Å²) in [6.45, 7) is 4.52. The molecule has 1 aromatic rings. The van der Waals surface area contributed by atoms with E-state index in [2.05, 4.69) is 0 Å². The smallest absolute Gasteiger partial charge is 0.120 e. The van der Waals surface area contributed by atoms with E-state index in [0.717, 1.165) is 11.3 Å². The molecule has 0 radical (unpaired) electrons. The lowest BCUT2D eigenvalue weighted by Gasteiger charge is -2.05. The van der Waals surface area contributed by atoms with Gasteiger partial charge in [0, 0.05) is 5.54 Å². The van der Waals surface area contributed by atoms with Crippen molar-refractivity contribution in [3.8, 4) is 5.75 Å². The molecule has 1 nitrogen and oxygen atoms in total. The number of halogens is 1. The predicted octanol–water partition coefficient (Wildman–Crippen LogP) is 3.52. The van der Waals surface area contributed by atoms with Crippen LogP contribution in [0.3, 0.4) is 0 Å². The van der Waals surface area contributed by atoms with E-state index in [9.17, 15) is 0 Å². The lowest BCUT2D eigenvalue weighted by molar-refractivity contribution is 0.352. The highest BCUT2D eigenvalue weighted by Crippen LogP contribution is 2.13. The molecule has 0 atom stereocenters. The molecule has 0 N–H and O–H groups in total. The van der Waals surface area contributed by atoms with Crippen LogP contribution >= 0.6 is 11.6 Å². The highest BCUT2D eigenvalue weighted by Gasteiger charge is 1.93. The Morgan fingerprint density at radius 3 is 2.92 bits per heavy atom. The molecule has 0 saturated heterocycles. The summed E-state index contributed by atoms with van der Waals surface area (Å²) in [7, 11) is 0. The van der Waals surface area contributed by atoms with Gasteiger partial charge in [-0.25, -0.2) is 0 Å². The second-order valence-electron chi connectivity index (χ2n) is 3.06. The van der Waals surface area contributed by atoms with E-state index < -0.39 is 0 Å². The SMILES string of the molecule is C/C(=C/Cl)COc1cccc(C)c1. The predicted molar refractivity (Wildman–Crippen MR) is 56.3 cm³/mol. The second-order valence-corrected chi connectivity index (χ2v) is 3.28. The molecule has 1 aromatic carbocycles. The molecule has 0 saturated carbocycles. The van der Waals surface area contributed by atoms with Gasteiger partial charge < -0.3 is 4.74 Å². The zero-order valence-electron chi connectivity index (χ0n) is 7.88. The van der Waals surface area contributed by atoms with Crippen LogP contribution in [-0.4, -0.2) is 6.61 Å². The van der Waals surface area contributed by atoms with Crippen molar-refractivity contribution in [2.24, 2.45) is 0 Å². The summed E-state index contributed by atoms with van der Waals surface area (Å²) in [6.07, 6.45) is 0. The van der Waals surface area contributed by atoms with Crippen molar-refractivity contribution in [1.82, 2.24) is 0 Å². The fraction of sp³-hybridized carbons (Fsp3) is 0.273. The Bertz CT molecular complexity index is 305. The minimum atomic E-state index is 0.549. The molecule has 2 heteroatoms. The zero-order valence-corrected chi connectivity index (χ0v) is 8.64. The van der Waals surface area contributed by atoms with E-state index >= 15 is 0 Å². The molecular formula is C11H13ClO. The molecule has 0 bridgehead atoms. The van der Waals surface area contributed by atoms with Gasteiger partial charge in [-0.2, -0.15) is 0 Å². The fourth-order valence-corrected chi connectivity index (χ4v) is 0.997. The number of hydrogen-bond donors (Lipinski definition) is 0. The van der Waals surface area contributed by atoms with Crippen LogP contribution in [0, 0.1) is 6.92 Å². The van der Waals surface area contributed by atoms with Crippen LogP contribution in [0.5, 0.6) is 5.75 Å². The van der Waals surface area contributed by atoms with Gasteiger partial charge in [0.2, 0.25) is 0 Å². The Morgan fingerprint density at radius 1 is 1.54 bits per heavy atom. The molecule has 0 aliphatic carbocycles. The Labute approximate surface area is 84.0 Å². The van der Waals surface area contributed by atoms with Crippen LogP contribution in [0.4, 0.5) is 0 Å². The fourth-order valence-electron chi connectivity index (χ4n) is 0.934. The van der Waals surface area contributed by atoms with Crippen LogP contribution in [0.1, 0.15) is 12.5 Å². The first-order valence-electron chi connectivity index (χ1n) is 4.17. The molecule has 13 heavy (non-hydrogen) atoms. The normalized spacial score (nSPS) is 11.5. The maximum Gasteiger partial charge on any atom is 0.120 e. The van der Waals surface area contributed by atoms with Gasteiger partial charge in [-0.15, -0.1) is 0 Å². The number of benzene rings is 1. The third kappa shape index (κ3) is 3.51. The number of ether oxygens (including phenoxy) is 1. The van der Waals surface area contributed by atoms with E-state index in [1.165, 1.54) is 11.1 Å². The average Bonchev–Trinajstić information content (AvgIpc) is 2.14. The first-order chi connectivity index (χ1) is 6.22.